The van der Waals surface area contributed by atoms with Gasteiger partial charge in [0.1, 0.15) is 0 Å². The van der Waals surface area contributed by atoms with Gasteiger partial charge in [-0.15, -0.1) is 0 Å². The predicted octanol–water partition coefficient (Wildman–Crippen LogP) is 1.49. The first-order valence-corrected chi connectivity index (χ1v) is 8.25. The molecule has 0 saturated heterocycles. The Morgan fingerprint density at radius 3 is 2.80 bits per heavy atom. The molecule has 1 unspecified atom stereocenters. The Labute approximate surface area is 119 Å². The number of ether oxygens (including phenoxy) is 2. The van der Waals surface area contributed by atoms with E-state index in [9.17, 15) is 8.42 Å². The molecule has 0 fully saturated rings. The lowest BCUT2D eigenvalue weighted by Gasteiger charge is -2.14. The molecule has 0 radical (unpaired) electrons. The van der Waals surface area contributed by atoms with Crippen LogP contribution >= 0.6 is 0 Å². The molecule has 0 bridgehead atoms. The van der Waals surface area contributed by atoms with Gasteiger partial charge in [-0.1, -0.05) is 12.6 Å². The maximum atomic E-state index is 11.3. The summed E-state index contributed by atoms with van der Waals surface area (Å²) in [7, 11) is -3.17. The summed E-state index contributed by atoms with van der Waals surface area (Å²) in [5, 5.41) is 3.15. The topological polar surface area (TPSA) is 64.6 Å². The molecule has 0 amide bonds. The largest absolute Gasteiger partial charge is 0.454 e. The number of hydrogen-bond donors (Lipinski definition) is 1. The van der Waals surface area contributed by atoms with E-state index in [2.05, 4.69) is 11.9 Å². The van der Waals surface area contributed by atoms with Gasteiger partial charge in [0.25, 0.3) is 0 Å². The van der Waals surface area contributed by atoms with Gasteiger partial charge in [-0.2, -0.15) is 0 Å². The number of fused-ring (bicyclic) bond motifs is 1. The lowest BCUT2D eigenvalue weighted by Crippen LogP contribution is -2.31. The number of hydrogen-bond acceptors (Lipinski definition) is 5. The summed E-state index contributed by atoms with van der Waals surface area (Å²) in [6.45, 7) is 6.10. The van der Waals surface area contributed by atoms with E-state index in [-0.39, 0.29) is 24.3 Å². The zero-order chi connectivity index (χ0) is 14.8. The minimum atomic E-state index is -3.17. The third kappa shape index (κ3) is 3.74. The van der Waals surface area contributed by atoms with Crippen LogP contribution in [0.25, 0.3) is 0 Å². The lowest BCUT2D eigenvalue weighted by molar-refractivity contribution is 0.174. The molecule has 5 nitrogen and oxygen atoms in total. The molecule has 0 aromatic heterocycles. The monoisotopic (exact) mass is 297 g/mol. The highest BCUT2D eigenvalue weighted by Crippen LogP contribution is 2.32. The van der Waals surface area contributed by atoms with Gasteiger partial charge in [0.05, 0.1) is 4.91 Å². The predicted molar refractivity (Wildman–Crippen MR) is 77.7 cm³/mol. The molecule has 0 saturated carbocycles. The SMILES string of the molecule is C=C(CNC(C)Cc1ccc2c(c1)OCO2)S(C)(=O)=O. The van der Waals surface area contributed by atoms with Crippen molar-refractivity contribution in [3.63, 3.8) is 0 Å². The summed E-state index contributed by atoms with van der Waals surface area (Å²) >= 11 is 0. The van der Waals surface area contributed by atoms with Crippen LogP contribution in [0.1, 0.15) is 12.5 Å². The van der Waals surface area contributed by atoms with E-state index in [0.29, 0.717) is 0 Å². The van der Waals surface area contributed by atoms with Crippen molar-refractivity contribution in [1.29, 1.82) is 0 Å². The zero-order valence-electron chi connectivity index (χ0n) is 11.7. The van der Waals surface area contributed by atoms with Crippen molar-refractivity contribution in [3.05, 3.63) is 35.2 Å². The molecule has 1 aromatic rings. The Kier molecular flexibility index (Phi) is 4.35. The first kappa shape index (κ1) is 14.9. The standard InChI is InChI=1S/C14H19NO4S/c1-10(15-8-11(2)20(3,16)17)6-12-4-5-13-14(7-12)19-9-18-13/h4-5,7,10,15H,2,6,8-9H2,1,3H3. The Hall–Kier alpha value is -1.53. The average molecular weight is 297 g/mol. The maximum absolute atomic E-state index is 11.3. The molecule has 0 spiro atoms. The average Bonchev–Trinajstić information content (AvgIpc) is 2.82. The van der Waals surface area contributed by atoms with E-state index in [1.807, 2.05) is 25.1 Å². The molecule has 1 aliphatic heterocycles. The third-order valence-electron chi connectivity index (χ3n) is 3.15. The van der Waals surface area contributed by atoms with Gasteiger partial charge in [-0.3, -0.25) is 0 Å². The first-order valence-electron chi connectivity index (χ1n) is 6.36. The highest BCUT2D eigenvalue weighted by Gasteiger charge is 2.15. The molecule has 2 rings (SSSR count). The van der Waals surface area contributed by atoms with Crippen LogP contribution in [0.4, 0.5) is 0 Å². The van der Waals surface area contributed by atoms with Crippen LogP contribution in [0.2, 0.25) is 0 Å². The molecular formula is C14H19NO4S. The van der Waals surface area contributed by atoms with Crippen LogP contribution in [0, 0.1) is 0 Å². The normalized spacial score (nSPS) is 15.1. The fourth-order valence-electron chi connectivity index (χ4n) is 1.91. The van der Waals surface area contributed by atoms with Crippen LogP contribution in [0.5, 0.6) is 11.5 Å². The molecule has 1 heterocycles. The van der Waals surface area contributed by atoms with Crippen LogP contribution in [-0.2, 0) is 16.3 Å². The second kappa shape index (κ2) is 5.85. The molecule has 1 atom stereocenters. The van der Waals surface area contributed by atoms with Gasteiger partial charge in [0.2, 0.25) is 6.79 Å². The Balaban J connectivity index is 1.89. The Bertz CT molecular complexity index is 610. The summed E-state index contributed by atoms with van der Waals surface area (Å²) in [6, 6.07) is 5.96. The number of benzene rings is 1. The highest BCUT2D eigenvalue weighted by atomic mass is 32.2. The molecule has 110 valence electrons. The Morgan fingerprint density at radius 2 is 2.10 bits per heavy atom. The molecular weight excluding hydrogens is 278 g/mol. The molecule has 0 aliphatic carbocycles. The van der Waals surface area contributed by atoms with Gasteiger partial charge in [0, 0.05) is 18.8 Å². The van der Waals surface area contributed by atoms with Crippen LogP contribution in [-0.4, -0.2) is 34.1 Å². The van der Waals surface area contributed by atoms with E-state index in [4.69, 9.17) is 9.47 Å². The van der Waals surface area contributed by atoms with Crippen LogP contribution in [0.3, 0.4) is 0 Å². The smallest absolute Gasteiger partial charge is 0.231 e. The van der Waals surface area contributed by atoms with Crippen LogP contribution < -0.4 is 14.8 Å². The van der Waals surface area contributed by atoms with Gasteiger partial charge < -0.3 is 14.8 Å². The van der Waals surface area contributed by atoms with Crippen molar-refractivity contribution in [3.8, 4) is 11.5 Å². The summed E-state index contributed by atoms with van der Waals surface area (Å²) in [6.07, 6.45) is 1.94. The zero-order valence-corrected chi connectivity index (χ0v) is 12.5. The van der Waals surface area contributed by atoms with Gasteiger partial charge in [-0.05, 0) is 31.0 Å². The first-order chi connectivity index (χ1) is 9.36. The summed E-state index contributed by atoms with van der Waals surface area (Å²) in [5.74, 6) is 1.52. The fraction of sp³-hybridized carbons (Fsp3) is 0.429. The van der Waals surface area contributed by atoms with E-state index in [1.165, 1.54) is 6.26 Å². The van der Waals surface area contributed by atoms with Crippen molar-refractivity contribution in [2.24, 2.45) is 0 Å². The number of rotatable bonds is 6. The van der Waals surface area contributed by atoms with E-state index >= 15 is 0 Å². The molecule has 6 heteroatoms. The van der Waals surface area contributed by atoms with Crippen LogP contribution in [0.15, 0.2) is 29.7 Å². The van der Waals surface area contributed by atoms with E-state index in [0.717, 1.165) is 23.5 Å². The second-order valence-electron chi connectivity index (χ2n) is 4.98. The highest BCUT2D eigenvalue weighted by molar-refractivity contribution is 7.94. The summed E-state index contributed by atoms with van der Waals surface area (Å²) in [5.41, 5.74) is 1.11. The number of sulfone groups is 1. The maximum Gasteiger partial charge on any atom is 0.231 e. The number of nitrogens with one attached hydrogen (secondary N) is 1. The van der Waals surface area contributed by atoms with Crippen molar-refractivity contribution >= 4 is 9.84 Å². The van der Waals surface area contributed by atoms with E-state index < -0.39 is 9.84 Å². The van der Waals surface area contributed by atoms with Crippen molar-refractivity contribution in [2.45, 2.75) is 19.4 Å². The second-order valence-corrected chi connectivity index (χ2v) is 7.11. The lowest BCUT2D eigenvalue weighted by atomic mass is 10.1. The van der Waals surface area contributed by atoms with Crippen molar-refractivity contribution in [1.82, 2.24) is 5.32 Å². The van der Waals surface area contributed by atoms with Crippen molar-refractivity contribution in [2.75, 3.05) is 19.6 Å². The molecule has 1 aromatic carbocycles. The van der Waals surface area contributed by atoms with Crippen molar-refractivity contribution < 1.29 is 17.9 Å². The molecule has 20 heavy (non-hydrogen) atoms. The van der Waals surface area contributed by atoms with Gasteiger partial charge in [0.15, 0.2) is 21.3 Å². The summed E-state index contributed by atoms with van der Waals surface area (Å²) < 4.78 is 33.1. The molecule has 1 N–H and O–H groups in total. The van der Waals surface area contributed by atoms with Gasteiger partial charge >= 0.3 is 0 Å². The Morgan fingerprint density at radius 1 is 1.40 bits per heavy atom. The van der Waals surface area contributed by atoms with E-state index in [1.54, 1.807) is 0 Å². The quantitative estimate of drug-likeness (QED) is 0.862. The minimum absolute atomic E-state index is 0.133. The summed E-state index contributed by atoms with van der Waals surface area (Å²) in [4.78, 5) is 0.204. The molecule has 1 aliphatic rings. The van der Waals surface area contributed by atoms with Gasteiger partial charge in [-0.25, -0.2) is 8.42 Å². The fourth-order valence-corrected chi connectivity index (χ4v) is 2.26. The minimum Gasteiger partial charge on any atom is -0.454 e. The third-order valence-corrected chi connectivity index (χ3v) is 4.34.